The zero-order valence-electron chi connectivity index (χ0n) is 44.9. The van der Waals surface area contributed by atoms with Crippen LogP contribution in [0.5, 0.6) is 0 Å². The Morgan fingerprint density at radius 3 is 1.13 bits per heavy atom. The fourth-order valence-electron chi connectivity index (χ4n) is 9.08. The lowest BCUT2D eigenvalue weighted by molar-refractivity contribution is -0.143. The molecule has 0 aliphatic carbocycles. The van der Waals surface area contributed by atoms with Crippen molar-refractivity contribution in [3.63, 3.8) is 0 Å². The molecule has 0 aromatic rings. The number of carbonyl (C=O) groups is 2. The van der Waals surface area contributed by atoms with Gasteiger partial charge in [0.05, 0.1) is 25.4 Å². The van der Waals surface area contributed by atoms with Crippen molar-refractivity contribution in [2.45, 2.75) is 328 Å². The van der Waals surface area contributed by atoms with Crippen LogP contribution in [0, 0.1) is 0 Å². The van der Waals surface area contributed by atoms with E-state index >= 15 is 0 Å². The Hall–Kier alpha value is -1.92. The average molecular weight is 943 g/mol. The standard InChI is InChI=1S/C61H115NO5/c1-3-5-7-9-11-13-15-16-28-32-35-39-43-47-51-55-61(66)67-56-52-48-44-40-36-33-30-27-25-23-21-19-17-18-20-22-24-26-29-31-34-38-42-46-50-54-60(65)62-58(57-63)59(64)53-49-45-41-37-14-12-10-8-6-4-2/h18-21,49,53,58-59,63-64H,3-17,22-48,50-52,54-57H2,1-2H3,(H,62,65)/b20-18-,21-19-,53-49+. The lowest BCUT2D eigenvalue weighted by Crippen LogP contribution is -2.45. The number of hydrogen-bond acceptors (Lipinski definition) is 5. The number of aliphatic hydroxyl groups excluding tert-OH is 2. The molecular formula is C61H115NO5. The van der Waals surface area contributed by atoms with E-state index in [0.717, 1.165) is 44.9 Å². The number of nitrogens with one attached hydrogen (secondary N) is 1. The van der Waals surface area contributed by atoms with Crippen molar-refractivity contribution in [2.75, 3.05) is 13.2 Å². The molecule has 0 saturated carbocycles. The van der Waals surface area contributed by atoms with Crippen LogP contribution in [0.3, 0.4) is 0 Å². The Kier molecular flexibility index (Phi) is 55.0. The molecule has 0 saturated heterocycles. The molecule has 6 heteroatoms. The number of aliphatic hydroxyl groups is 2. The number of ether oxygens (including phenoxy) is 1. The fourth-order valence-corrected chi connectivity index (χ4v) is 9.08. The average Bonchev–Trinajstić information content (AvgIpc) is 3.33. The number of hydrogen-bond donors (Lipinski definition) is 3. The molecule has 0 aromatic carbocycles. The van der Waals surface area contributed by atoms with Crippen LogP contribution in [0.2, 0.25) is 0 Å². The first-order chi connectivity index (χ1) is 33.0. The summed E-state index contributed by atoms with van der Waals surface area (Å²) in [6.07, 6.45) is 70.4. The van der Waals surface area contributed by atoms with Crippen molar-refractivity contribution in [2.24, 2.45) is 0 Å². The van der Waals surface area contributed by atoms with Gasteiger partial charge in [0.2, 0.25) is 5.91 Å². The molecule has 0 aliphatic rings. The molecule has 2 atom stereocenters. The molecule has 0 spiro atoms. The Labute approximate surface area is 417 Å². The van der Waals surface area contributed by atoms with Crippen LogP contribution >= 0.6 is 0 Å². The van der Waals surface area contributed by atoms with E-state index in [-0.39, 0.29) is 18.5 Å². The quantitative estimate of drug-likeness (QED) is 0.0321. The summed E-state index contributed by atoms with van der Waals surface area (Å²) in [5.41, 5.74) is 0. The van der Waals surface area contributed by atoms with Crippen LogP contribution in [-0.2, 0) is 14.3 Å². The van der Waals surface area contributed by atoms with Crippen LogP contribution in [0.15, 0.2) is 36.5 Å². The third-order valence-corrected chi connectivity index (χ3v) is 13.7. The number of unbranched alkanes of at least 4 members (excludes halogenated alkanes) is 40. The van der Waals surface area contributed by atoms with E-state index in [0.29, 0.717) is 19.4 Å². The van der Waals surface area contributed by atoms with Crippen molar-refractivity contribution in [1.29, 1.82) is 0 Å². The second-order valence-electron chi connectivity index (χ2n) is 20.3. The maximum Gasteiger partial charge on any atom is 0.305 e. The maximum absolute atomic E-state index is 12.4. The van der Waals surface area contributed by atoms with Gasteiger partial charge < -0.3 is 20.3 Å². The van der Waals surface area contributed by atoms with Crippen molar-refractivity contribution >= 4 is 11.9 Å². The molecule has 0 fully saturated rings. The highest BCUT2D eigenvalue weighted by molar-refractivity contribution is 5.76. The summed E-state index contributed by atoms with van der Waals surface area (Å²) in [4.78, 5) is 24.4. The summed E-state index contributed by atoms with van der Waals surface area (Å²) in [6.45, 7) is 4.89. The molecule has 0 bridgehead atoms. The van der Waals surface area contributed by atoms with Gasteiger partial charge in [-0.3, -0.25) is 9.59 Å². The summed E-state index contributed by atoms with van der Waals surface area (Å²) in [6, 6.07) is -0.631. The molecule has 0 heterocycles. The van der Waals surface area contributed by atoms with Crippen LogP contribution in [0.25, 0.3) is 0 Å². The van der Waals surface area contributed by atoms with Gasteiger partial charge in [0.25, 0.3) is 0 Å². The van der Waals surface area contributed by atoms with E-state index in [1.54, 1.807) is 6.08 Å². The second-order valence-corrected chi connectivity index (χ2v) is 20.3. The minimum atomic E-state index is -0.846. The molecule has 67 heavy (non-hydrogen) atoms. The first kappa shape index (κ1) is 65.1. The van der Waals surface area contributed by atoms with Gasteiger partial charge in [-0.05, 0) is 64.2 Å². The van der Waals surface area contributed by atoms with Gasteiger partial charge in [0.1, 0.15) is 0 Å². The molecule has 6 nitrogen and oxygen atoms in total. The predicted molar refractivity (Wildman–Crippen MR) is 292 cm³/mol. The summed E-state index contributed by atoms with van der Waals surface area (Å²) in [5, 5.41) is 23.0. The normalized spacial score (nSPS) is 12.8. The molecule has 0 aromatic heterocycles. The molecule has 1 amide bonds. The number of amides is 1. The Bertz CT molecular complexity index is 1090. The summed E-state index contributed by atoms with van der Waals surface area (Å²) in [7, 11) is 0. The van der Waals surface area contributed by atoms with E-state index in [4.69, 9.17) is 4.74 Å². The van der Waals surface area contributed by atoms with Crippen molar-refractivity contribution < 1.29 is 24.5 Å². The SMILES string of the molecule is CCCCCCCCCC/C=C/C(O)C(CO)NC(=O)CCCCCCCCCCC/C=C\C/C=C\CCCCCCCCCCCOC(=O)CCCCCCCCCCCCCCCCC. The number of rotatable bonds is 55. The molecule has 2 unspecified atom stereocenters. The highest BCUT2D eigenvalue weighted by atomic mass is 16.5. The number of carbonyl (C=O) groups excluding carboxylic acids is 2. The highest BCUT2D eigenvalue weighted by Gasteiger charge is 2.18. The van der Waals surface area contributed by atoms with E-state index in [1.807, 2.05) is 6.08 Å². The van der Waals surface area contributed by atoms with Gasteiger partial charge in [-0.25, -0.2) is 0 Å². The third-order valence-electron chi connectivity index (χ3n) is 13.7. The van der Waals surface area contributed by atoms with Gasteiger partial charge in [-0.1, -0.05) is 275 Å². The van der Waals surface area contributed by atoms with Gasteiger partial charge in [-0.15, -0.1) is 0 Å². The Morgan fingerprint density at radius 2 is 0.746 bits per heavy atom. The van der Waals surface area contributed by atoms with Gasteiger partial charge in [0.15, 0.2) is 0 Å². The zero-order chi connectivity index (χ0) is 48.6. The molecule has 0 rings (SSSR count). The number of esters is 1. The summed E-state index contributed by atoms with van der Waals surface area (Å²) in [5.74, 6) is -0.0648. The molecule has 0 aliphatic heterocycles. The highest BCUT2D eigenvalue weighted by Crippen LogP contribution is 2.16. The van der Waals surface area contributed by atoms with Gasteiger partial charge in [0, 0.05) is 12.8 Å². The second kappa shape index (κ2) is 56.7. The molecule has 0 radical (unpaired) electrons. The predicted octanol–water partition coefficient (Wildman–Crippen LogP) is 18.4. The van der Waals surface area contributed by atoms with E-state index in [9.17, 15) is 19.8 Å². The van der Waals surface area contributed by atoms with Gasteiger partial charge >= 0.3 is 5.97 Å². The van der Waals surface area contributed by atoms with Crippen molar-refractivity contribution in [3.05, 3.63) is 36.5 Å². The monoisotopic (exact) mass is 942 g/mol. The molecule has 394 valence electrons. The maximum atomic E-state index is 12.4. The third kappa shape index (κ3) is 53.3. The fraction of sp³-hybridized carbons (Fsp3) is 0.869. The summed E-state index contributed by atoms with van der Waals surface area (Å²) < 4.78 is 5.48. The van der Waals surface area contributed by atoms with E-state index in [2.05, 4.69) is 43.5 Å². The minimum Gasteiger partial charge on any atom is -0.466 e. The largest absolute Gasteiger partial charge is 0.466 e. The van der Waals surface area contributed by atoms with Crippen LogP contribution < -0.4 is 5.32 Å². The lowest BCUT2D eigenvalue weighted by atomic mass is 10.0. The Balaban J connectivity index is 3.42. The lowest BCUT2D eigenvalue weighted by Gasteiger charge is -2.20. The van der Waals surface area contributed by atoms with E-state index in [1.165, 1.54) is 244 Å². The first-order valence-corrected chi connectivity index (χ1v) is 29.8. The van der Waals surface area contributed by atoms with Crippen molar-refractivity contribution in [3.8, 4) is 0 Å². The topological polar surface area (TPSA) is 95.9 Å². The molecule has 3 N–H and O–H groups in total. The van der Waals surface area contributed by atoms with E-state index < -0.39 is 12.1 Å². The summed E-state index contributed by atoms with van der Waals surface area (Å²) >= 11 is 0. The van der Waals surface area contributed by atoms with Gasteiger partial charge in [-0.2, -0.15) is 0 Å². The minimum absolute atomic E-state index is 0.0112. The van der Waals surface area contributed by atoms with Crippen molar-refractivity contribution in [1.82, 2.24) is 5.32 Å². The zero-order valence-corrected chi connectivity index (χ0v) is 44.9. The van der Waals surface area contributed by atoms with Crippen LogP contribution in [-0.4, -0.2) is 47.4 Å². The Morgan fingerprint density at radius 1 is 0.418 bits per heavy atom. The molecular weight excluding hydrogens is 827 g/mol. The number of allylic oxidation sites excluding steroid dienone is 5. The first-order valence-electron chi connectivity index (χ1n) is 29.8. The van der Waals surface area contributed by atoms with Crippen LogP contribution in [0.4, 0.5) is 0 Å². The smallest absolute Gasteiger partial charge is 0.305 e. The van der Waals surface area contributed by atoms with Crippen LogP contribution in [0.1, 0.15) is 316 Å².